The van der Waals surface area contributed by atoms with E-state index in [9.17, 15) is 18.3 Å². The number of pyridine rings is 1. The van der Waals surface area contributed by atoms with E-state index in [4.69, 9.17) is 11.6 Å². The molecule has 0 N–H and O–H groups in total. The molecule has 0 unspecified atom stereocenters. The molecule has 0 aliphatic rings. The Balaban J connectivity index is 0.00000256. The molecule has 88 valence electrons. The molecule has 1 aromatic heterocycles. The molecule has 0 atom stereocenters. The van der Waals surface area contributed by atoms with Crippen molar-refractivity contribution in [1.82, 2.24) is 4.98 Å². The zero-order valence-corrected chi connectivity index (χ0v) is 13.0. The molecular formula is C9H9ClNNaO4S. The number of rotatable bonds is 4. The van der Waals surface area contributed by atoms with Crippen LogP contribution >= 0.6 is 11.6 Å². The van der Waals surface area contributed by atoms with Crippen molar-refractivity contribution in [1.29, 1.82) is 0 Å². The van der Waals surface area contributed by atoms with Crippen molar-refractivity contribution in [2.24, 2.45) is 0 Å². The second kappa shape index (κ2) is 6.70. The largest absolute Gasteiger partial charge is 1.00 e. The number of hydrogen-bond acceptors (Lipinski definition) is 5. The number of carbonyl (C=O) groups is 1. The predicted octanol–water partition coefficient (Wildman–Crippen LogP) is -2.71. The number of carboxylic acid groups (broad SMARTS) is 1. The summed E-state index contributed by atoms with van der Waals surface area (Å²) in [6.07, 6.45) is 0.386. The first kappa shape index (κ1) is 16.9. The van der Waals surface area contributed by atoms with Crippen LogP contribution in [0.2, 0.25) is 5.15 Å². The van der Waals surface area contributed by atoms with Gasteiger partial charge >= 0.3 is 29.6 Å². The van der Waals surface area contributed by atoms with Crippen LogP contribution in [0, 0.1) is 0 Å². The van der Waals surface area contributed by atoms with Gasteiger partial charge in [0.1, 0.15) is 10.8 Å². The van der Waals surface area contributed by atoms with E-state index in [0.717, 1.165) is 6.07 Å². The Morgan fingerprint density at radius 3 is 2.53 bits per heavy atom. The first-order valence-electron chi connectivity index (χ1n) is 4.49. The van der Waals surface area contributed by atoms with Gasteiger partial charge in [-0.1, -0.05) is 18.5 Å². The van der Waals surface area contributed by atoms with E-state index in [-0.39, 0.29) is 45.4 Å². The van der Waals surface area contributed by atoms with Crippen molar-refractivity contribution >= 4 is 27.4 Å². The average Bonchev–Trinajstić information content (AvgIpc) is 2.16. The first-order valence-corrected chi connectivity index (χ1v) is 6.52. The van der Waals surface area contributed by atoms with Gasteiger partial charge in [-0.3, -0.25) is 0 Å². The van der Waals surface area contributed by atoms with Gasteiger partial charge in [0.05, 0.1) is 16.6 Å². The maximum atomic E-state index is 11.7. The summed E-state index contributed by atoms with van der Waals surface area (Å²) in [6.45, 7) is 1.68. The second-order valence-corrected chi connectivity index (χ2v) is 5.55. The Bertz CT molecular complexity index is 518. The van der Waals surface area contributed by atoms with Gasteiger partial charge in [-0.25, -0.2) is 13.4 Å². The number of carboxylic acids is 1. The molecule has 1 heterocycles. The molecule has 0 saturated heterocycles. The molecule has 0 aromatic carbocycles. The average molecular weight is 286 g/mol. The fraction of sp³-hybridized carbons (Fsp3) is 0.333. The van der Waals surface area contributed by atoms with Gasteiger partial charge in [0.15, 0.2) is 9.84 Å². The number of halogens is 1. The Morgan fingerprint density at radius 1 is 1.47 bits per heavy atom. The molecule has 1 aromatic rings. The van der Waals surface area contributed by atoms with Gasteiger partial charge in [0.2, 0.25) is 0 Å². The van der Waals surface area contributed by atoms with Gasteiger partial charge in [-0.15, -0.1) is 0 Å². The number of aromatic carboxylic acids is 1. The SMILES string of the molecule is CCCS(=O)(=O)c1ccc(Cl)nc1C(=O)[O-].[Na+]. The summed E-state index contributed by atoms with van der Waals surface area (Å²) < 4.78 is 23.4. The van der Waals surface area contributed by atoms with Crippen LogP contribution in [0.4, 0.5) is 0 Å². The molecule has 8 heteroatoms. The van der Waals surface area contributed by atoms with E-state index in [1.165, 1.54) is 6.07 Å². The summed E-state index contributed by atoms with van der Waals surface area (Å²) in [7, 11) is -3.64. The zero-order chi connectivity index (χ0) is 12.3. The Labute approximate surface area is 126 Å². The maximum Gasteiger partial charge on any atom is 1.00 e. The first-order chi connectivity index (χ1) is 7.38. The molecule has 0 saturated carbocycles. The summed E-state index contributed by atoms with van der Waals surface area (Å²) in [4.78, 5) is 13.8. The van der Waals surface area contributed by atoms with Gasteiger partial charge in [0.25, 0.3) is 0 Å². The van der Waals surface area contributed by atoms with Crippen LogP contribution in [0.1, 0.15) is 23.8 Å². The van der Waals surface area contributed by atoms with Crippen molar-refractivity contribution in [3.63, 3.8) is 0 Å². The third-order valence-electron chi connectivity index (χ3n) is 1.83. The summed E-state index contributed by atoms with van der Waals surface area (Å²) in [5, 5.41) is 10.6. The number of carbonyl (C=O) groups excluding carboxylic acids is 1. The second-order valence-electron chi connectivity index (χ2n) is 3.09. The van der Waals surface area contributed by atoms with Crippen LogP contribution in [-0.2, 0) is 9.84 Å². The number of hydrogen-bond donors (Lipinski definition) is 0. The van der Waals surface area contributed by atoms with Gasteiger partial charge in [-0.2, -0.15) is 0 Å². The molecule has 0 spiro atoms. The fourth-order valence-corrected chi connectivity index (χ4v) is 2.80. The number of aromatic nitrogens is 1. The Kier molecular flexibility index (Phi) is 6.65. The number of nitrogens with zero attached hydrogens (tertiary/aromatic N) is 1. The molecular weight excluding hydrogens is 277 g/mol. The Hall–Kier alpha value is -0.140. The van der Waals surface area contributed by atoms with Crippen molar-refractivity contribution in [2.75, 3.05) is 5.75 Å². The summed E-state index contributed by atoms with van der Waals surface area (Å²) in [6, 6.07) is 2.36. The van der Waals surface area contributed by atoms with Crippen molar-refractivity contribution in [2.45, 2.75) is 18.2 Å². The van der Waals surface area contributed by atoms with Crippen molar-refractivity contribution in [3.05, 3.63) is 23.0 Å². The molecule has 0 fully saturated rings. The van der Waals surface area contributed by atoms with Gasteiger partial charge in [0, 0.05) is 0 Å². The van der Waals surface area contributed by atoms with Crippen LogP contribution in [0.15, 0.2) is 17.0 Å². The summed E-state index contributed by atoms with van der Waals surface area (Å²) >= 11 is 5.49. The maximum absolute atomic E-state index is 11.7. The van der Waals surface area contributed by atoms with Crippen LogP contribution in [0.5, 0.6) is 0 Å². The topological polar surface area (TPSA) is 87.2 Å². The van der Waals surface area contributed by atoms with Gasteiger partial charge in [-0.05, 0) is 18.6 Å². The third-order valence-corrected chi connectivity index (χ3v) is 3.98. The van der Waals surface area contributed by atoms with E-state index in [0.29, 0.717) is 6.42 Å². The third kappa shape index (κ3) is 4.22. The van der Waals surface area contributed by atoms with E-state index in [2.05, 4.69) is 4.98 Å². The molecule has 0 amide bonds. The van der Waals surface area contributed by atoms with Crippen LogP contribution in [-0.4, -0.2) is 25.1 Å². The molecule has 0 bridgehead atoms. The minimum absolute atomic E-state index is 0. The monoisotopic (exact) mass is 285 g/mol. The molecule has 1 rings (SSSR count). The molecule has 0 aliphatic carbocycles. The van der Waals surface area contributed by atoms with E-state index in [1.54, 1.807) is 6.92 Å². The zero-order valence-electron chi connectivity index (χ0n) is 9.44. The van der Waals surface area contributed by atoms with Crippen LogP contribution < -0.4 is 34.7 Å². The van der Waals surface area contributed by atoms with Gasteiger partial charge < -0.3 is 9.90 Å². The van der Waals surface area contributed by atoms with Crippen LogP contribution in [0.3, 0.4) is 0 Å². The molecule has 5 nitrogen and oxygen atoms in total. The normalized spacial score (nSPS) is 10.7. The summed E-state index contributed by atoms with van der Waals surface area (Å²) in [5.74, 6) is -1.80. The summed E-state index contributed by atoms with van der Waals surface area (Å²) in [5.41, 5.74) is -0.638. The Morgan fingerprint density at radius 2 is 2.06 bits per heavy atom. The molecule has 0 aliphatic heterocycles. The minimum Gasteiger partial charge on any atom is -0.543 e. The molecule has 17 heavy (non-hydrogen) atoms. The standard InChI is InChI=1S/C9H10ClNO4S.Na/c1-2-5-16(14,15)6-3-4-7(10)11-8(6)9(12)13;/h3-4H,2,5H2,1H3,(H,12,13);/q;+1/p-1. The minimum atomic E-state index is -3.64. The van der Waals surface area contributed by atoms with E-state index < -0.39 is 21.5 Å². The quantitative estimate of drug-likeness (QED) is 0.443. The predicted molar refractivity (Wildman–Crippen MR) is 55.9 cm³/mol. The number of sulfone groups is 1. The fourth-order valence-electron chi connectivity index (χ4n) is 1.20. The molecule has 0 radical (unpaired) electrons. The van der Waals surface area contributed by atoms with Crippen molar-refractivity contribution < 1.29 is 47.9 Å². The van der Waals surface area contributed by atoms with E-state index >= 15 is 0 Å². The smallest absolute Gasteiger partial charge is 0.543 e. The van der Waals surface area contributed by atoms with E-state index in [1.807, 2.05) is 0 Å². The van der Waals surface area contributed by atoms with Crippen molar-refractivity contribution in [3.8, 4) is 0 Å². The van der Waals surface area contributed by atoms with Crippen LogP contribution in [0.25, 0.3) is 0 Å².